The number of aromatic nitrogens is 2. The van der Waals surface area contributed by atoms with Crippen LogP contribution in [0.3, 0.4) is 0 Å². The molecule has 1 aromatic heterocycles. The van der Waals surface area contributed by atoms with Crippen molar-refractivity contribution >= 4 is 27.3 Å². The number of nitrogens with one attached hydrogen (secondary N) is 2. The van der Waals surface area contributed by atoms with E-state index in [-0.39, 0.29) is 16.3 Å². The lowest BCUT2D eigenvalue weighted by molar-refractivity contribution is 0.100. The second-order valence-electron chi connectivity index (χ2n) is 9.66. The molecular weight excluding hydrogens is 436 g/mol. The summed E-state index contributed by atoms with van der Waals surface area (Å²) in [5.41, 5.74) is 3.91. The van der Waals surface area contributed by atoms with Gasteiger partial charge in [0.1, 0.15) is 5.69 Å². The summed E-state index contributed by atoms with van der Waals surface area (Å²) in [5, 5.41) is 7.55. The fourth-order valence-electron chi connectivity index (χ4n) is 3.73. The maximum absolute atomic E-state index is 13.0. The van der Waals surface area contributed by atoms with Crippen LogP contribution in [-0.4, -0.2) is 24.1 Å². The summed E-state index contributed by atoms with van der Waals surface area (Å²) in [6.45, 7) is 9.75. The van der Waals surface area contributed by atoms with Gasteiger partial charge < -0.3 is 5.32 Å². The molecule has 0 spiro atoms. The van der Waals surface area contributed by atoms with Gasteiger partial charge in [0.25, 0.3) is 15.9 Å². The van der Waals surface area contributed by atoms with Gasteiger partial charge in [0.15, 0.2) is 0 Å². The van der Waals surface area contributed by atoms with Crippen molar-refractivity contribution in [2.45, 2.75) is 63.8 Å². The van der Waals surface area contributed by atoms with Crippen LogP contribution >= 0.6 is 0 Å². The number of rotatable bonds is 6. The molecule has 1 aliphatic rings. The minimum atomic E-state index is -3.76. The molecule has 0 unspecified atom stereocenters. The summed E-state index contributed by atoms with van der Waals surface area (Å²) in [6, 6.07) is 13.6. The number of aryl methyl sites for hydroxylation is 2. The van der Waals surface area contributed by atoms with E-state index >= 15 is 0 Å². The Morgan fingerprint density at radius 3 is 2.18 bits per heavy atom. The first-order valence-electron chi connectivity index (χ1n) is 11.1. The van der Waals surface area contributed by atoms with Crippen molar-refractivity contribution in [2.75, 3.05) is 10.0 Å². The van der Waals surface area contributed by atoms with E-state index in [9.17, 15) is 13.2 Å². The Kier molecular flexibility index (Phi) is 5.82. The Labute approximate surface area is 195 Å². The van der Waals surface area contributed by atoms with Crippen LogP contribution in [0.5, 0.6) is 0 Å². The molecule has 2 aromatic carbocycles. The Hall–Kier alpha value is -3.13. The molecule has 7 nitrogen and oxygen atoms in total. The first kappa shape index (κ1) is 23.0. The van der Waals surface area contributed by atoms with E-state index in [2.05, 4.69) is 15.1 Å². The first-order chi connectivity index (χ1) is 15.5. The highest BCUT2D eigenvalue weighted by molar-refractivity contribution is 7.92. The molecule has 1 fully saturated rings. The summed E-state index contributed by atoms with van der Waals surface area (Å²) >= 11 is 0. The highest BCUT2D eigenvalue weighted by Crippen LogP contribution is 2.40. The lowest BCUT2D eigenvalue weighted by Gasteiger charge is -2.22. The Bertz CT molecular complexity index is 1280. The number of carbonyl (C=O) groups is 1. The van der Waals surface area contributed by atoms with E-state index in [0.717, 1.165) is 29.7 Å². The lowest BCUT2D eigenvalue weighted by Crippen LogP contribution is -2.29. The van der Waals surface area contributed by atoms with Crippen molar-refractivity contribution < 1.29 is 13.2 Å². The Morgan fingerprint density at radius 1 is 1.03 bits per heavy atom. The zero-order valence-corrected chi connectivity index (χ0v) is 20.5. The SMILES string of the molecule is Cc1cccc(C)c1NS(=O)(=O)c1ccc(NC(=O)c2cc(C3CC3)nn2C(C)(C)C)cc1. The van der Waals surface area contributed by atoms with Crippen molar-refractivity contribution in [3.63, 3.8) is 0 Å². The van der Waals surface area contributed by atoms with Gasteiger partial charge in [-0.2, -0.15) is 5.10 Å². The van der Waals surface area contributed by atoms with Crippen LogP contribution in [0.2, 0.25) is 0 Å². The van der Waals surface area contributed by atoms with E-state index in [1.54, 1.807) is 16.8 Å². The van der Waals surface area contributed by atoms with Gasteiger partial charge in [-0.25, -0.2) is 8.42 Å². The third-order valence-electron chi connectivity index (χ3n) is 5.73. The van der Waals surface area contributed by atoms with Crippen molar-refractivity contribution in [1.82, 2.24) is 9.78 Å². The summed E-state index contributed by atoms with van der Waals surface area (Å²) < 4.78 is 30.2. The second-order valence-corrected chi connectivity index (χ2v) is 11.3. The third kappa shape index (κ3) is 4.95. The normalized spacial score (nSPS) is 14.2. The molecule has 1 aliphatic carbocycles. The third-order valence-corrected chi connectivity index (χ3v) is 7.10. The molecule has 0 atom stereocenters. The van der Waals surface area contributed by atoms with Crippen LogP contribution < -0.4 is 10.0 Å². The topological polar surface area (TPSA) is 93.1 Å². The Balaban J connectivity index is 1.53. The van der Waals surface area contributed by atoms with Gasteiger partial charge in [0.2, 0.25) is 0 Å². The number of para-hydroxylation sites is 1. The van der Waals surface area contributed by atoms with Crippen LogP contribution in [-0.2, 0) is 15.6 Å². The van der Waals surface area contributed by atoms with E-state index in [4.69, 9.17) is 0 Å². The Morgan fingerprint density at radius 2 is 1.64 bits per heavy atom. The summed E-state index contributed by atoms with van der Waals surface area (Å²) in [7, 11) is -3.76. The molecular formula is C25H30N4O3S. The van der Waals surface area contributed by atoms with Gasteiger partial charge in [-0.15, -0.1) is 0 Å². The molecule has 174 valence electrons. The van der Waals surface area contributed by atoms with Crippen LogP contribution in [0.25, 0.3) is 0 Å². The number of nitrogens with zero attached hydrogens (tertiary/aromatic N) is 2. The standard InChI is InChI=1S/C25H30N4O3S/c1-16-7-6-8-17(2)23(16)28-33(31,32)20-13-11-19(12-14-20)26-24(30)22-15-21(18-9-10-18)27-29(22)25(3,4)5/h6-8,11-15,18,28H,9-10H2,1-5H3,(H,26,30). The average molecular weight is 467 g/mol. The van der Waals surface area contributed by atoms with Crippen molar-refractivity contribution in [3.05, 3.63) is 71.0 Å². The number of amides is 1. The second kappa shape index (κ2) is 8.33. The fourth-order valence-corrected chi connectivity index (χ4v) is 4.94. The van der Waals surface area contributed by atoms with Crippen LogP contribution in [0.15, 0.2) is 53.4 Å². The van der Waals surface area contributed by atoms with Crippen LogP contribution in [0, 0.1) is 13.8 Å². The zero-order valence-electron chi connectivity index (χ0n) is 19.6. The molecule has 4 rings (SSSR count). The quantitative estimate of drug-likeness (QED) is 0.523. The number of hydrogen-bond donors (Lipinski definition) is 2. The largest absolute Gasteiger partial charge is 0.321 e. The van der Waals surface area contributed by atoms with Crippen molar-refractivity contribution in [3.8, 4) is 0 Å². The molecule has 1 saturated carbocycles. The van der Waals surface area contributed by atoms with Gasteiger partial charge in [0.05, 0.1) is 21.8 Å². The van der Waals surface area contributed by atoms with Crippen molar-refractivity contribution in [1.29, 1.82) is 0 Å². The van der Waals surface area contributed by atoms with Gasteiger partial charge in [-0.1, -0.05) is 18.2 Å². The maximum atomic E-state index is 13.0. The zero-order chi connectivity index (χ0) is 24.0. The fraction of sp³-hybridized carbons (Fsp3) is 0.360. The molecule has 0 radical (unpaired) electrons. The van der Waals surface area contributed by atoms with E-state index in [1.807, 2.05) is 58.9 Å². The molecule has 2 N–H and O–H groups in total. The predicted octanol–water partition coefficient (Wildman–Crippen LogP) is 5.19. The first-order valence-corrected chi connectivity index (χ1v) is 12.5. The predicted molar refractivity (Wildman–Crippen MR) is 130 cm³/mol. The van der Waals surface area contributed by atoms with Gasteiger partial charge in [-0.3, -0.25) is 14.2 Å². The number of benzene rings is 2. The number of carbonyl (C=O) groups excluding carboxylic acids is 1. The number of anilines is 2. The van der Waals surface area contributed by atoms with Crippen LogP contribution in [0.4, 0.5) is 11.4 Å². The molecule has 1 amide bonds. The van der Waals surface area contributed by atoms with Gasteiger partial charge >= 0.3 is 0 Å². The monoisotopic (exact) mass is 466 g/mol. The summed E-state index contributed by atoms with van der Waals surface area (Å²) in [4.78, 5) is 13.2. The summed E-state index contributed by atoms with van der Waals surface area (Å²) in [5.74, 6) is 0.169. The molecule has 0 bridgehead atoms. The number of hydrogen-bond acceptors (Lipinski definition) is 4. The van der Waals surface area contributed by atoms with Gasteiger partial charge in [0, 0.05) is 11.6 Å². The highest BCUT2D eigenvalue weighted by atomic mass is 32.2. The molecule has 0 saturated heterocycles. The lowest BCUT2D eigenvalue weighted by atomic mass is 10.1. The molecule has 1 heterocycles. The number of sulfonamides is 1. The smallest absolute Gasteiger partial charge is 0.273 e. The molecule has 0 aliphatic heterocycles. The van der Waals surface area contributed by atoms with Gasteiger partial charge in [-0.05, 0) is 88.9 Å². The average Bonchev–Trinajstić information content (AvgIpc) is 3.48. The maximum Gasteiger partial charge on any atom is 0.273 e. The van der Waals surface area contributed by atoms with Crippen LogP contribution in [0.1, 0.15) is 66.8 Å². The minimum Gasteiger partial charge on any atom is -0.321 e. The summed E-state index contributed by atoms with van der Waals surface area (Å²) in [6.07, 6.45) is 2.21. The molecule has 3 aromatic rings. The van der Waals surface area contributed by atoms with E-state index < -0.39 is 10.0 Å². The van der Waals surface area contributed by atoms with Crippen molar-refractivity contribution in [2.24, 2.45) is 0 Å². The van der Waals surface area contributed by atoms with E-state index in [1.165, 1.54) is 12.1 Å². The van der Waals surface area contributed by atoms with E-state index in [0.29, 0.717) is 23.0 Å². The highest BCUT2D eigenvalue weighted by Gasteiger charge is 2.31. The minimum absolute atomic E-state index is 0.124. The molecule has 8 heteroatoms. The molecule has 33 heavy (non-hydrogen) atoms.